The van der Waals surface area contributed by atoms with Crippen LogP contribution in [0.25, 0.3) is 0 Å². The number of pyridine rings is 2. The van der Waals surface area contributed by atoms with Crippen LogP contribution in [0.15, 0.2) is 48.9 Å². The zero-order valence-corrected chi connectivity index (χ0v) is 16.0. The monoisotopic (exact) mass is 383 g/mol. The highest BCUT2D eigenvalue weighted by Crippen LogP contribution is 2.14. The molecule has 28 heavy (non-hydrogen) atoms. The zero-order chi connectivity index (χ0) is 19.8. The van der Waals surface area contributed by atoms with Crippen molar-refractivity contribution in [3.8, 4) is 0 Å². The molecule has 1 unspecified atom stereocenters. The number of nitrogens with one attached hydrogen (secondary N) is 1. The molecule has 0 radical (unpaired) electrons. The Bertz CT molecular complexity index is 764. The van der Waals surface area contributed by atoms with Gasteiger partial charge in [-0.3, -0.25) is 14.7 Å². The minimum atomic E-state index is -0.841. The van der Waals surface area contributed by atoms with Crippen LogP contribution in [-0.4, -0.2) is 66.6 Å². The topological polar surface area (TPSA) is 87.7 Å². The van der Waals surface area contributed by atoms with Gasteiger partial charge in [-0.25, -0.2) is 9.78 Å². The van der Waals surface area contributed by atoms with E-state index in [1.165, 1.54) is 7.11 Å². The van der Waals surface area contributed by atoms with Gasteiger partial charge in [0.15, 0.2) is 6.04 Å². The number of amides is 1. The van der Waals surface area contributed by atoms with Gasteiger partial charge >= 0.3 is 5.97 Å². The third kappa shape index (κ3) is 5.26. The number of anilines is 1. The van der Waals surface area contributed by atoms with E-state index in [9.17, 15) is 9.59 Å². The van der Waals surface area contributed by atoms with Crippen LogP contribution < -0.4 is 10.2 Å². The van der Waals surface area contributed by atoms with Gasteiger partial charge in [-0.2, -0.15) is 0 Å². The maximum absolute atomic E-state index is 12.4. The minimum Gasteiger partial charge on any atom is -0.467 e. The first-order chi connectivity index (χ1) is 13.7. The van der Waals surface area contributed by atoms with Gasteiger partial charge in [0.25, 0.3) is 0 Å². The second kappa shape index (κ2) is 9.80. The molecule has 3 rings (SSSR count). The van der Waals surface area contributed by atoms with Gasteiger partial charge in [-0.15, -0.1) is 0 Å². The predicted molar refractivity (Wildman–Crippen MR) is 105 cm³/mol. The molecular formula is C20H25N5O3. The number of piperazine rings is 1. The van der Waals surface area contributed by atoms with E-state index in [1.807, 2.05) is 18.2 Å². The number of ether oxygens (including phenoxy) is 1. The second-order valence-electron chi connectivity index (χ2n) is 6.58. The van der Waals surface area contributed by atoms with Crippen LogP contribution in [0.5, 0.6) is 0 Å². The third-order valence-electron chi connectivity index (χ3n) is 4.76. The molecule has 0 saturated carbocycles. The first-order valence-electron chi connectivity index (χ1n) is 9.33. The van der Waals surface area contributed by atoms with E-state index in [2.05, 4.69) is 25.1 Å². The highest BCUT2D eigenvalue weighted by molar-refractivity contribution is 5.85. The number of hydrogen-bond acceptors (Lipinski definition) is 7. The van der Waals surface area contributed by atoms with Crippen molar-refractivity contribution >= 4 is 17.7 Å². The van der Waals surface area contributed by atoms with E-state index in [1.54, 1.807) is 30.7 Å². The Morgan fingerprint density at radius 2 is 1.96 bits per heavy atom. The Morgan fingerprint density at radius 1 is 1.14 bits per heavy atom. The lowest BCUT2D eigenvalue weighted by atomic mass is 10.1. The number of nitrogens with zero attached hydrogens (tertiary/aromatic N) is 4. The molecule has 8 heteroatoms. The van der Waals surface area contributed by atoms with Crippen molar-refractivity contribution in [3.63, 3.8) is 0 Å². The summed E-state index contributed by atoms with van der Waals surface area (Å²) in [7, 11) is 1.30. The number of aromatic nitrogens is 2. The van der Waals surface area contributed by atoms with Crippen LogP contribution in [-0.2, 0) is 14.3 Å². The summed E-state index contributed by atoms with van der Waals surface area (Å²) in [6.07, 6.45) is 5.28. The summed E-state index contributed by atoms with van der Waals surface area (Å²) in [4.78, 5) is 37.3. The number of carbonyl (C=O) groups excluding carboxylic acids is 2. The van der Waals surface area contributed by atoms with Gasteiger partial charge in [0.1, 0.15) is 5.82 Å². The number of methoxy groups -OCH3 is 1. The molecule has 1 aliphatic heterocycles. The Hall–Kier alpha value is -3.00. The normalized spacial score (nSPS) is 15.7. The molecule has 2 aromatic rings. The molecule has 0 bridgehead atoms. The van der Waals surface area contributed by atoms with E-state index in [0.717, 1.165) is 32.0 Å². The summed E-state index contributed by atoms with van der Waals surface area (Å²) < 4.78 is 4.81. The van der Waals surface area contributed by atoms with Crippen molar-refractivity contribution in [2.24, 2.45) is 0 Å². The molecule has 0 aromatic carbocycles. The van der Waals surface area contributed by atoms with Crippen LogP contribution in [0, 0.1) is 0 Å². The molecule has 1 amide bonds. The molecule has 2 aromatic heterocycles. The highest BCUT2D eigenvalue weighted by atomic mass is 16.5. The third-order valence-corrected chi connectivity index (χ3v) is 4.76. The van der Waals surface area contributed by atoms with Crippen LogP contribution in [0.1, 0.15) is 18.0 Å². The molecule has 1 atom stereocenters. The first-order valence-corrected chi connectivity index (χ1v) is 9.33. The van der Waals surface area contributed by atoms with Crippen LogP contribution in [0.2, 0.25) is 0 Å². The molecule has 3 heterocycles. The van der Waals surface area contributed by atoms with E-state index in [4.69, 9.17) is 4.74 Å². The molecule has 1 saturated heterocycles. The maximum atomic E-state index is 12.4. The standard InChI is InChI=1S/C20H25N5O3/c1-28-20(27)19(16-5-4-8-21-15-16)23-18(26)7-10-24-11-13-25(14-12-24)17-6-2-3-9-22-17/h2-6,8-9,15,19H,7,10-14H2,1H3,(H,23,26). The molecule has 1 N–H and O–H groups in total. The Kier molecular flexibility index (Phi) is 6.91. The number of rotatable bonds is 7. The fraction of sp³-hybridized carbons (Fsp3) is 0.400. The Morgan fingerprint density at radius 3 is 2.61 bits per heavy atom. The maximum Gasteiger partial charge on any atom is 0.333 e. The van der Waals surface area contributed by atoms with E-state index < -0.39 is 12.0 Å². The fourth-order valence-electron chi connectivity index (χ4n) is 3.18. The largest absolute Gasteiger partial charge is 0.467 e. The van der Waals surface area contributed by atoms with Gasteiger partial charge in [-0.1, -0.05) is 12.1 Å². The van der Waals surface area contributed by atoms with Crippen molar-refractivity contribution in [3.05, 3.63) is 54.5 Å². The summed E-state index contributed by atoms with van der Waals surface area (Å²) in [5, 5.41) is 2.76. The van der Waals surface area contributed by atoms with E-state index in [-0.39, 0.29) is 5.91 Å². The quantitative estimate of drug-likeness (QED) is 0.714. The fourth-order valence-corrected chi connectivity index (χ4v) is 3.18. The molecule has 8 nitrogen and oxygen atoms in total. The van der Waals surface area contributed by atoms with Crippen molar-refractivity contribution < 1.29 is 14.3 Å². The van der Waals surface area contributed by atoms with Crippen LogP contribution in [0.3, 0.4) is 0 Å². The molecule has 0 spiro atoms. The molecule has 1 fully saturated rings. The smallest absolute Gasteiger partial charge is 0.333 e. The summed E-state index contributed by atoms with van der Waals surface area (Å²) in [5.74, 6) is 0.286. The number of esters is 1. The van der Waals surface area contributed by atoms with Gasteiger partial charge in [-0.05, 0) is 18.2 Å². The molecule has 1 aliphatic rings. The van der Waals surface area contributed by atoms with Crippen molar-refractivity contribution in [1.82, 2.24) is 20.2 Å². The zero-order valence-electron chi connectivity index (χ0n) is 16.0. The second-order valence-corrected chi connectivity index (χ2v) is 6.58. The molecule has 148 valence electrons. The lowest BCUT2D eigenvalue weighted by molar-refractivity contribution is -0.145. The Balaban J connectivity index is 1.47. The summed E-state index contributed by atoms with van der Waals surface area (Å²) in [6, 6.07) is 8.52. The first kappa shape index (κ1) is 19.8. The predicted octanol–water partition coefficient (Wildman–Crippen LogP) is 1.02. The van der Waals surface area contributed by atoms with Gasteiger partial charge in [0, 0.05) is 63.3 Å². The lowest BCUT2D eigenvalue weighted by Crippen LogP contribution is -2.47. The summed E-state index contributed by atoms with van der Waals surface area (Å²) >= 11 is 0. The number of carbonyl (C=O) groups is 2. The summed E-state index contributed by atoms with van der Waals surface area (Å²) in [5.41, 5.74) is 0.603. The van der Waals surface area contributed by atoms with E-state index in [0.29, 0.717) is 18.5 Å². The molecule has 0 aliphatic carbocycles. The summed E-state index contributed by atoms with van der Waals surface area (Å²) in [6.45, 7) is 4.13. The SMILES string of the molecule is COC(=O)C(NC(=O)CCN1CCN(c2ccccn2)CC1)c1cccnc1. The van der Waals surface area contributed by atoms with Crippen molar-refractivity contribution in [2.75, 3.05) is 44.7 Å². The molecular weight excluding hydrogens is 358 g/mol. The van der Waals surface area contributed by atoms with Crippen molar-refractivity contribution in [1.29, 1.82) is 0 Å². The van der Waals surface area contributed by atoms with Gasteiger partial charge in [0.2, 0.25) is 5.91 Å². The Labute approximate surface area is 164 Å². The van der Waals surface area contributed by atoms with Gasteiger partial charge < -0.3 is 15.0 Å². The van der Waals surface area contributed by atoms with Crippen molar-refractivity contribution in [2.45, 2.75) is 12.5 Å². The van der Waals surface area contributed by atoms with E-state index >= 15 is 0 Å². The lowest BCUT2D eigenvalue weighted by Gasteiger charge is -2.35. The van der Waals surface area contributed by atoms with Gasteiger partial charge in [0.05, 0.1) is 7.11 Å². The highest BCUT2D eigenvalue weighted by Gasteiger charge is 2.24. The minimum absolute atomic E-state index is 0.189. The number of hydrogen-bond donors (Lipinski definition) is 1. The average molecular weight is 383 g/mol. The van der Waals surface area contributed by atoms with Crippen LogP contribution in [0.4, 0.5) is 5.82 Å². The average Bonchev–Trinajstić information content (AvgIpc) is 2.77. The van der Waals surface area contributed by atoms with Crippen LogP contribution >= 0.6 is 0 Å².